The van der Waals surface area contributed by atoms with Crippen LogP contribution in [0.4, 0.5) is 0 Å². The number of likely N-dealkylation sites (N-methyl/N-ethyl adjacent to an activating group) is 1. The van der Waals surface area contributed by atoms with Crippen molar-refractivity contribution >= 4 is 5.91 Å². The molecule has 0 bridgehead atoms. The van der Waals surface area contributed by atoms with E-state index in [0.29, 0.717) is 12.1 Å². The second kappa shape index (κ2) is 7.79. The summed E-state index contributed by atoms with van der Waals surface area (Å²) in [5.74, 6) is -0.233. The summed E-state index contributed by atoms with van der Waals surface area (Å²) in [6.07, 6.45) is 0.855. The number of carbonyl (C=O) groups is 1. The molecule has 1 amide bonds. The molecular weight excluding hydrogens is 288 g/mol. The largest absolute Gasteiger partial charge is 0.507 e. The van der Waals surface area contributed by atoms with E-state index in [4.69, 9.17) is 0 Å². The molecule has 23 heavy (non-hydrogen) atoms. The lowest BCUT2D eigenvalue weighted by atomic mass is 10.0. The summed E-state index contributed by atoms with van der Waals surface area (Å²) in [7, 11) is 4.01. The number of nitrogens with zero attached hydrogens (tertiary/aromatic N) is 1. The summed E-state index contributed by atoms with van der Waals surface area (Å²) in [5.41, 5.74) is 2.50. The van der Waals surface area contributed by atoms with Crippen molar-refractivity contribution in [2.45, 2.75) is 19.4 Å². The van der Waals surface area contributed by atoms with E-state index in [9.17, 15) is 9.90 Å². The van der Waals surface area contributed by atoms with E-state index in [1.807, 2.05) is 39.2 Å². The number of phenolic OH excluding ortho intramolecular Hbond substituents is 1. The molecule has 0 aliphatic carbocycles. The minimum absolute atomic E-state index is 0.0116. The Hall–Kier alpha value is -2.33. The van der Waals surface area contributed by atoms with Gasteiger partial charge in [-0.3, -0.25) is 4.79 Å². The third-order valence-corrected chi connectivity index (χ3v) is 3.94. The number of hydrogen-bond acceptors (Lipinski definition) is 3. The van der Waals surface area contributed by atoms with Crippen LogP contribution in [-0.4, -0.2) is 42.6 Å². The molecule has 0 aliphatic rings. The standard InChI is InChI=1S/C19H24N2O2/c1-14-9-10-18(22)17(11-14)19(23)20-13-16(21(2)3)12-15-7-5-4-6-8-15/h4-11,16,22H,12-13H2,1-3H3,(H,20,23). The molecule has 4 nitrogen and oxygen atoms in total. The Balaban J connectivity index is 2.01. The van der Waals surface area contributed by atoms with Crippen molar-refractivity contribution in [3.8, 4) is 5.75 Å². The molecule has 1 atom stereocenters. The molecule has 2 aromatic rings. The maximum atomic E-state index is 12.3. The van der Waals surface area contributed by atoms with Gasteiger partial charge in [-0.15, -0.1) is 0 Å². The summed E-state index contributed by atoms with van der Waals surface area (Å²) < 4.78 is 0. The molecule has 2 N–H and O–H groups in total. The lowest BCUT2D eigenvalue weighted by molar-refractivity contribution is 0.0939. The average molecular weight is 312 g/mol. The van der Waals surface area contributed by atoms with E-state index in [-0.39, 0.29) is 17.7 Å². The van der Waals surface area contributed by atoms with Crippen molar-refractivity contribution in [2.24, 2.45) is 0 Å². The quantitative estimate of drug-likeness (QED) is 0.862. The molecule has 4 heteroatoms. The SMILES string of the molecule is Cc1ccc(O)c(C(=O)NCC(Cc2ccccc2)N(C)C)c1. The molecule has 0 saturated carbocycles. The lowest BCUT2D eigenvalue weighted by Crippen LogP contribution is -2.41. The number of rotatable bonds is 6. The Morgan fingerprint density at radius 1 is 1.17 bits per heavy atom. The number of hydrogen-bond donors (Lipinski definition) is 2. The zero-order valence-electron chi connectivity index (χ0n) is 13.9. The molecule has 0 heterocycles. The van der Waals surface area contributed by atoms with Crippen LogP contribution in [-0.2, 0) is 6.42 Å². The van der Waals surface area contributed by atoms with Gasteiger partial charge in [-0.05, 0) is 45.1 Å². The van der Waals surface area contributed by atoms with Crippen LogP contribution in [0.1, 0.15) is 21.5 Å². The highest BCUT2D eigenvalue weighted by Crippen LogP contribution is 2.18. The van der Waals surface area contributed by atoms with Gasteiger partial charge in [0, 0.05) is 12.6 Å². The number of phenols is 1. The molecule has 122 valence electrons. The van der Waals surface area contributed by atoms with Crippen molar-refractivity contribution in [3.05, 3.63) is 65.2 Å². The third kappa shape index (κ3) is 4.83. The van der Waals surface area contributed by atoms with Crippen LogP contribution < -0.4 is 5.32 Å². The molecule has 0 radical (unpaired) electrons. The van der Waals surface area contributed by atoms with Gasteiger partial charge in [0.1, 0.15) is 5.75 Å². The third-order valence-electron chi connectivity index (χ3n) is 3.94. The van der Waals surface area contributed by atoms with Crippen molar-refractivity contribution in [1.29, 1.82) is 0 Å². The molecular formula is C19H24N2O2. The van der Waals surface area contributed by atoms with Crippen molar-refractivity contribution in [2.75, 3.05) is 20.6 Å². The highest BCUT2D eigenvalue weighted by atomic mass is 16.3. The molecule has 2 aromatic carbocycles. The zero-order chi connectivity index (χ0) is 16.8. The van der Waals surface area contributed by atoms with E-state index in [1.54, 1.807) is 18.2 Å². The fraction of sp³-hybridized carbons (Fsp3) is 0.316. The number of carbonyl (C=O) groups excluding carboxylic acids is 1. The van der Waals surface area contributed by atoms with Gasteiger partial charge in [-0.25, -0.2) is 0 Å². The molecule has 0 fully saturated rings. The van der Waals surface area contributed by atoms with Crippen molar-refractivity contribution in [1.82, 2.24) is 10.2 Å². The van der Waals surface area contributed by atoms with E-state index in [2.05, 4.69) is 22.3 Å². The maximum absolute atomic E-state index is 12.3. The van der Waals surface area contributed by atoms with Crippen LogP contribution in [0.2, 0.25) is 0 Å². The summed E-state index contributed by atoms with van der Waals surface area (Å²) in [6, 6.07) is 15.4. The van der Waals surface area contributed by atoms with Gasteiger partial charge in [0.15, 0.2) is 0 Å². The highest BCUT2D eigenvalue weighted by molar-refractivity contribution is 5.97. The average Bonchev–Trinajstić information content (AvgIpc) is 2.54. The predicted molar refractivity (Wildman–Crippen MR) is 92.8 cm³/mol. The van der Waals surface area contributed by atoms with Gasteiger partial charge in [-0.2, -0.15) is 0 Å². The summed E-state index contributed by atoms with van der Waals surface area (Å²) in [5, 5.41) is 12.8. The van der Waals surface area contributed by atoms with Crippen LogP contribution in [0.15, 0.2) is 48.5 Å². The molecule has 2 rings (SSSR count). The van der Waals surface area contributed by atoms with Crippen LogP contribution >= 0.6 is 0 Å². The summed E-state index contributed by atoms with van der Waals surface area (Å²) in [6.45, 7) is 2.42. The topological polar surface area (TPSA) is 52.6 Å². The first-order chi connectivity index (χ1) is 11.0. The predicted octanol–water partition coefficient (Wildman–Crippen LogP) is 2.60. The number of amides is 1. The first-order valence-electron chi connectivity index (χ1n) is 7.75. The second-order valence-corrected chi connectivity index (χ2v) is 6.04. The molecule has 1 unspecified atom stereocenters. The maximum Gasteiger partial charge on any atom is 0.255 e. The van der Waals surface area contributed by atoms with E-state index >= 15 is 0 Å². The highest BCUT2D eigenvalue weighted by Gasteiger charge is 2.16. The Kier molecular flexibility index (Phi) is 5.77. The number of benzene rings is 2. The van der Waals surface area contributed by atoms with Crippen LogP contribution in [0.3, 0.4) is 0 Å². The fourth-order valence-electron chi connectivity index (χ4n) is 2.46. The minimum Gasteiger partial charge on any atom is -0.507 e. The van der Waals surface area contributed by atoms with E-state index in [0.717, 1.165) is 12.0 Å². The van der Waals surface area contributed by atoms with Crippen molar-refractivity contribution in [3.63, 3.8) is 0 Å². The Labute approximate surface area is 137 Å². The fourth-order valence-corrected chi connectivity index (χ4v) is 2.46. The zero-order valence-corrected chi connectivity index (χ0v) is 13.9. The number of aryl methyl sites for hydroxylation is 1. The van der Waals surface area contributed by atoms with Gasteiger partial charge in [0.05, 0.1) is 5.56 Å². The molecule has 0 aliphatic heterocycles. The Bertz CT molecular complexity index is 654. The lowest BCUT2D eigenvalue weighted by Gasteiger charge is -2.25. The number of nitrogens with one attached hydrogen (secondary N) is 1. The Morgan fingerprint density at radius 2 is 1.87 bits per heavy atom. The normalized spacial score (nSPS) is 12.2. The second-order valence-electron chi connectivity index (χ2n) is 6.04. The van der Waals surface area contributed by atoms with Crippen LogP contribution in [0.5, 0.6) is 5.75 Å². The summed E-state index contributed by atoms with van der Waals surface area (Å²) >= 11 is 0. The van der Waals surface area contributed by atoms with E-state index in [1.165, 1.54) is 5.56 Å². The van der Waals surface area contributed by atoms with Crippen LogP contribution in [0, 0.1) is 6.92 Å². The first-order valence-corrected chi connectivity index (χ1v) is 7.75. The number of aromatic hydroxyl groups is 1. The van der Waals surface area contributed by atoms with Crippen LogP contribution in [0.25, 0.3) is 0 Å². The van der Waals surface area contributed by atoms with E-state index < -0.39 is 0 Å². The van der Waals surface area contributed by atoms with Gasteiger partial charge < -0.3 is 15.3 Å². The van der Waals surface area contributed by atoms with Gasteiger partial charge in [0.25, 0.3) is 5.91 Å². The van der Waals surface area contributed by atoms with Gasteiger partial charge in [-0.1, -0.05) is 42.0 Å². The monoisotopic (exact) mass is 312 g/mol. The first kappa shape index (κ1) is 17.0. The molecule has 0 spiro atoms. The minimum atomic E-state index is -0.244. The van der Waals surface area contributed by atoms with Gasteiger partial charge in [0.2, 0.25) is 0 Å². The smallest absolute Gasteiger partial charge is 0.255 e. The molecule has 0 saturated heterocycles. The summed E-state index contributed by atoms with van der Waals surface area (Å²) in [4.78, 5) is 14.4. The molecule has 0 aromatic heterocycles. The van der Waals surface area contributed by atoms with Crippen molar-refractivity contribution < 1.29 is 9.90 Å². The Morgan fingerprint density at radius 3 is 2.52 bits per heavy atom. The van der Waals surface area contributed by atoms with Gasteiger partial charge >= 0.3 is 0 Å².